The minimum atomic E-state index is -0.839. The van der Waals surface area contributed by atoms with Crippen molar-refractivity contribution < 1.29 is 19.1 Å². The number of nitrogens with zero attached hydrogens (tertiary/aromatic N) is 5. The molecule has 2 aliphatic heterocycles. The topological polar surface area (TPSA) is 88.0 Å². The molecule has 2 aromatic carbocycles. The zero-order valence-corrected chi connectivity index (χ0v) is 21.0. The average Bonchev–Trinajstić information content (AvgIpc) is 3.14. The molecular weight excluding hydrogens is 482 g/mol. The van der Waals surface area contributed by atoms with Gasteiger partial charge in [0.2, 0.25) is 0 Å². The summed E-state index contributed by atoms with van der Waals surface area (Å²) in [7, 11) is 4.95. The molecule has 3 amide bonds. The Labute approximate surface area is 213 Å². The first-order valence-electron chi connectivity index (χ1n) is 11.6. The fraction of sp³-hybridized carbons (Fsp3) is 0.308. The van der Waals surface area contributed by atoms with Crippen LogP contribution < -0.4 is 9.64 Å². The van der Waals surface area contributed by atoms with Crippen molar-refractivity contribution in [2.24, 2.45) is 0 Å². The first kappa shape index (κ1) is 23.9. The number of ether oxygens (including phenoxy) is 1. The molecule has 36 heavy (non-hydrogen) atoms. The summed E-state index contributed by atoms with van der Waals surface area (Å²) in [4.78, 5) is 43.9. The smallest absolute Gasteiger partial charge is 0.275 e. The van der Waals surface area contributed by atoms with Gasteiger partial charge in [-0.25, -0.2) is 4.68 Å². The number of carbonyl (C=O) groups is 3. The van der Waals surface area contributed by atoms with Crippen LogP contribution in [0.5, 0.6) is 5.75 Å². The van der Waals surface area contributed by atoms with E-state index < -0.39 is 6.04 Å². The fourth-order valence-corrected chi connectivity index (χ4v) is 4.88. The second-order valence-electron chi connectivity index (χ2n) is 9.12. The van der Waals surface area contributed by atoms with Gasteiger partial charge in [-0.3, -0.25) is 14.4 Å². The van der Waals surface area contributed by atoms with E-state index in [1.165, 1.54) is 14.7 Å². The SMILES string of the molecule is CN(C)C(=O)c1ccc2c(c1)N(C)C(=O)[C@@H](N1CCc3c(nn(Cc4ccccc4)c3Cl)C1=O)CO2. The summed E-state index contributed by atoms with van der Waals surface area (Å²) in [6.07, 6.45) is 0.483. The predicted molar refractivity (Wildman–Crippen MR) is 135 cm³/mol. The van der Waals surface area contributed by atoms with Gasteiger partial charge < -0.3 is 19.4 Å². The molecule has 10 heteroatoms. The number of hydrogen-bond acceptors (Lipinski definition) is 5. The highest BCUT2D eigenvalue weighted by molar-refractivity contribution is 6.31. The van der Waals surface area contributed by atoms with Crippen LogP contribution in [0.15, 0.2) is 48.5 Å². The van der Waals surface area contributed by atoms with Crippen molar-refractivity contribution in [3.63, 3.8) is 0 Å². The average molecular weight is 508 g/mol. The lowest BCUT2D eigenvalue weighted by molar-refractivity contribution is -0.123. The van der Waals surface area contributed by atoms with Crippen LogP contribution in [0, 0.1) is 0 Å². The third-order valence-corrected chi connectivity index (χ3v) is 7.01. The van der Waals surface area contributed by atoms with Crippen molar-refractivity contribution in [2.75, 3.05) is 39.2 Å². The fourth-order valence-electron chi connectivity index (χ4n) is 4.60. The zero-order chi connectivity index (χ0) is 25.6. The van der Waals surface area contributed by atoms with Crippen molar-refractivity contribution in [1.29, 1.82) is 0 Å². The predicted octanol–water partition coefficient (Wildman–Crippen LogP) is 2.71. The number of fused-ring (bicyclic) bond motifs is 2. The summed E-state index contributed by atoms with van der Waals surface area (Å²) in [5.74, 6) is -0.352. The molecule has 3 heterocycles. The quantitative estimate of drug-likeness (QED) is 0.542. The number of halogens is 1. The molecule has 3 aromatic rings. The van der Waals surface area contributed by atoms with Gasteiger partial charge >= 0.3 is 0 Å². The van der Waals surface area contributed by atoms with E-state index in [0.29, 0.717) is 47.2 Å². The summed E-state index contributed by atoms with van der Waals surface area (Å²) < 4.78 is 7.59. The molecule has 9 nitrogen and oxygen atoms in total. The minimum absolute atomic E-state index is 0.00330. The van der Waals surface area contributed by atoms with Crippen LogP contribution in [0.3, 0.4) is 0 Å². The van der Waals surface area contributed by atoms with Gasteiger partial charge in [0.1, 0.15) is 23.6 Å². The van der Waals surface area contributed by atoms with E-state index in [4.69, 9.17) is 16.3 Å². The Kier molecular flexibility index (Phi) is 6.17. The number of likely N-dealkylation sites (N-methyl/N-ethyl adjacent to an activating group) is 1. The van der Waals surface area contributed by atoms with Gasteiger partial charge in [-0.15, -0.1) is 0 Å². The Morgan fingerprint density at radius 2 is 1.92 bits per heavy atom. The zero-order valence-electron chi connectivity index (χ0n) is 20.3. The van der Waals surface area contributed by atoms with E-state index in [0.717, 1.165) is 5.56 Å². The van der Waals surface area contributed by atoms with Crippen LogP contribution >= 0.6 is 11.6 Å². The number of hydrogen-bond donors (Lipinski definition) is 0. The molecule has 0 saturated carbocycles. The first-order chi connectivity index (χ1) is 17.3. The number of benzene rings is 2. The normalized spacial score (nSPS) is 17.3. The van der Waals surface area contributed by atoms with Gasteiger partial charge in [-0.05, 0) is 30.2 Å². The van der Waals surface area contributed by atoms with Crippen LogP contribution in [-0.2, 0) is 17.8 Å². The number of aromatic nitrogens is 2. The molecule has 0 fully saturated rings. The van der Waals surface area contributed by atoms with Crippen LogP contribution in [-0.4, -0.2) is 77.6 Å². The van der Waals surface area contributed by atoms with Gasteiger partial charge in [0.25, 0.3) is 17.7 Å². The molecule has 1 aromatic heterocycles. The highest BCUT2D eigenvalue weighted by atomic mass is 35.5. The van der Waals surface area contributed by atoms with Gasteiger partial charge in [-0.2, -0.15) is 5.10 Å². The van der Waals surface area contributed by atoms with Gasteiger partial charge in [0.05, 0.1) is 12.2 Å². The largest absolute Gasteiger partial charge is 0.489 e. The number of anilines is 1. The molecule has 0 bridgehead atoms. The van der Waals surface area contributed by atoms with Crippen molar-refractivity contribution in [1.82, 2.24) is 19.6 Å². The summed E-state index contributed by atoms with van der Waals surface area (Å²) in [5, 5.41) is 4.95. The van der Waals surface area contributed by atoms with E-state index >= 15 is 0 Å². The van der Waals surface area contributed by atoms with E-state index in [1.54, 1.807) is 44.0 Å². The lowest BCUT2D eigenvalue weighted by atomic mass is 10.0. The molecular formula is C26H26ClN5O4. The van der Waals surface area contributed by atoms with Gasteiger partial charge in [0.15, 0.2) is 5.69 Å². The molecule has 0 radical (unpaired) electrons. The molecule has 0 aliphatic carbocycles. The lowest BCUT2D eigenvalue weighted by Gasteiger charge is -2.33. The van der Waals surface area contributed by atoms with Crippen molar-refractivity contribution in [3.8, 4) is 5.75 Å². The minimum Gasteiger partial charge on any atom is -0.489 e. The molecule has 0 saturated heterocycles. The third kappa shape index (κ3) is 4.09. The van der Waals surface area contributed by atoms with Crippen LogP contribution in [0.2, 0.25) is 5.15 Å². The maximum atomic E-state index is 13.5. The Balaban J connectivity index is 1.40. The van der Waals surface area contributed by atoms with Crippen molar-refractivity contribution in [3.05, 3.63) is 76.1 Å². The summed E-state index contributed by atoms with van der Waals surface area (Å²) in [6.45, 7) is 0.755. The highest BCUT2D eigenvalue weighted by Gasteiger charge is 2.41. The second-order valence-corrected chi connectivity index (χ2v) is 9.47. The van der Waals surface area contributed by atoms with E-state index in [-0.39, 0.29) is 30.0 Å². The molecule has 0 N–H and O–H groups in total. The monoisotopic (exact) mass is 507 g/mol. The summed E-state index contributed by atoms with van der Waals surface area (Å²) in [5.41, 5.74) is 2.90. The number of amides is 3. The van der Waals surface area contributed by atoms with E-state index in [2.05, 4.69) is 5.10 Å². The van der Waals surface area contributed by atoms with E-state index in [9.17, 15) is 14.4 Å². The molecule has 0 spiro atoms. The van der Waals surface area contributed by atoms with Gasteiger partial charge in [-0.1, -0.05) is 41.9 Å². The number of carbonyl (C=O) groups excluding carboxylic acids is 3. The summed E-state index contributed by atoms with van der Waals surface area (Å²) >= 11 is 6.59. The van der Waals surface area contributed by atoms with Crippen molar-refractivity contribution >= 4 is 35.0 Å². The van der Waals surface area contributed by atoms with Crippen LogP contribution in [0.1, 0.15) is 32.0 Å². The molecule has 5 rings (SSSR count). The summed E-state index contributed by atoms with van der Waals surface area (Å²) in [6, 6.07) is 13.9. The van der Waals surface area contributed by atoms with Crippen molar-refractivity contribution in [2.45, 2.75) is 19.0 Å². The molecule has 0 unspecified atom stereocenters. The lowest BCUT2D eigenvalue weighted by Crippen LogP contribution is -2.54. The Morgan fingerprint density at radius 3 is 2.64 bits per heavy atom. The first-order valence-corrected chi connectivity index (χ1v) is 12.0. The second kappa shape index (κ2) is 9.31. The third-order valence-electron chi connectivity index (χ3n) is 6.59. The standard InChI is InChI=1S/C26H26ClN5O4/c1-29(2)24(33)17-9-10-21-19(13-17)30(3)25(34)20(15-36-21)31-12-11-18-22(26(31)35)28-32(23(18)27)14-16-7-5-4-6-8-16/h4-10,13,20H,11-12,14-15H2,1-3H3/t20-/m0/s1. The van der Waals surface area contributed by atoms with E-state index in [1.807, 2.05) is 30.3 Å². The van der Waals surface area contributed by atoms with Crippen LogP contribution in [0.25, 0.3) is 0 Å². The maximum Gasteiger partial charge on any atom is 0.275 e. The highest BCUT2D eigenvalue weighted by Crippen LogP contribution is 2.34. The Morgan fingerprint density at radius 1 is 1.17 bits per heavy atom. The van der Waals surface area contributed by atoms with Crippen LogP contribution in [0.4, 0.5) is 5.69 Å². The number of rotatable bonds is 4. The molecule has 1 atom stereocenters. The molecule has 186 valence electrons. The Hall–Kier alpha value is -3.85. The molecule has 2 aliphatic rings. The maximum absolute atomic E-state index is 13.5. The van der Waals surface area contributed by atoms with Gasteiger partial charge in [0, 0.05) is 38.8 Å². The Bertz CT molecular complexity index is 1350.